The van der Waals surface area contributed by atoms with Crippen molar-refractivity contribution in [3.8, 4) is 0 Å². The first-order valence-corrected chi connectivity index (χ1v) is 20.0. The van der Waals surface area contributed by atoms with Crippen LogP contribution in [0.4, 0.5) is 0 Å². The summed E-state index contributed by atoms with van der Waals surface area (Å²) in [7, 11) is 0. The monoisotopic (exact) mass is 670 g/mol. The van der Waals surface area contributed by atoms with E-state index in [2.05, 4.69) is 27.7 Å². The molecule has 226 valence electrons. The van der Waals surface area contributed by atoms with Crippen LogP contribution in [-0.2, 0) is 22.4 Å². The third kappa shape index (κ3) is 16.4. The molecule has 41 heavy (non-hydrogen) atoms. The van der Waals surface area contributed by atoms with E-state index >= 15 is 0 Å². The van der Waals surface area contributed by atoms with E-state index in [1.165, 1.54) is 51.4 Å². The predicted molar refractivity (Wildman–Crippen MR) is 169 cm³/mol. The molecule has 0 amide bonds. The molecule has 2 rings (SSSR count). The maximum atomic E-state index is 12.0. The number of hydrogen-bond acceptors (Lipinski definition) is 4. The minimum Gasteiger partial charge on any atom is -0.550 e. The number of benzene rings is 2. The molecule has 0 aromatic heterocycles. The summed E-state index contributed by atoms with van der Waals surface area (Å²) in [4.78, 5) is 22.7. The van der Waals surface area contributed by atoms with Gasteiger partial charge in [-0.3, -0.25) is 0 Å². The fraction of sp³-hybridized carbons (Fsp3) is 0.611. The SMILES string of the molecule is CCCCC(CC)[CH2][Sn+2][CH2]C(CC)CCCC.O=C([O-])CCCC(Cc1ccccc1)(Cc1ccccc1)C(=O)[O-]. The van der Waals surface area contributed by atoms with E-state index in [1.807, 2.05) is 60.7 Å². The van der Waals surface area contributed by atoms with Crippen LogP contribution in [0.15, 0.2) is 60.7 Å². The summed E-state index contributed by atoms with van der Waals surface area (Å²) in [6.07, 6.45) is 12.5. The van der Waals surface area contributed by atoms with Crippen LogP contribution in [0.3, 0.4) is 0 Å². The number of unbranched alkanes of at least 4 members (excludes halogenated alkanes) is 2. The molecule has 4 nitrogen and oxygen atoms in total. The Morgan fingerprint density at radius 2 is 1.15 bits per heavy atom. The van der Waals surface area contributed by atoms with Crippen molar-refractivity contribution in [3.63, 3.8) is 0 Å². The number of carbonyl (C=O) groups is 2. The Kier molecular flexibility index (Phi) is 20.6. The topological polar surface area (TPSA) is 80.3 Å². The summed E-state index contributed by atoms with van der Waals surface area (Å²) in [5.41, 5.74) is 0.648. The first kappa shape index (κ1) is 37.2. The Hall–Kier alpha value is -1.82. The zero-order chi connectivity index (χ0) is 30.3. The third-order valence-electron chi connectivity index (χ3n) is 8.19. The fourth-order valence-electron chi connectivity index (χ4n) is 5.41. The van der Waals surface area contributed by atoms with Gasteiger partial charge >= 0.3 is 121 Å². The Balaban J connectivity index is 0.000000438. The molecule has 5 heteroatoms. The summed E-state index contributed by atoms with van der Waals surface area (Å²) in [5.74, 6) is -0.134. The van der Waals surface area contributed by atoms with Crippen molar-refractivity contribution < 1.29 is 19.8 Å². The Morgan fingerprint density at radius 1 is 0.707 bits per heavy atom. The quantitative estimate of drug-likeness (QED) is 0.133. The second-order valence-electron chi connectivity index (χ2n) is 11.6. The summed E-state index contributed by atoms with van der Waals surface area (Å²) in [6.45, 7) is 9.44. The van der Waals surface area contributed by atoms with E-state index in [1.54, 1.807) is 8.87 Å². The average molecular weight is 670 g/mol. The molecule has 0 aliphatic rings. The van der Waals surface area contributed by atoms with Crippen LogP contribution < -0.4 is 10.2 Å². The maximum Gasteiger partial charge on any atom is 0.0482 e. The van der Waals surface area contributed by atoms with Crippen molar-refractivity contribution in [1.29, 1.82) is 0 Å². The molecule has 0 aliphatic carbocycles. The van der Waals surface area contributed by atoms with Gasteiger partial charge in [0.2, 0.25) is 0 Å². The van der Waals surface area contributed by atoms with Crippen LogP contribution in [0.5, 0.6) is 0 Å². The third-order valence-corrected chi connectivity index (χ3v) is 13.1. The zero-order valence-electron chi connectivity index (χ0n) is 26.2. The molecule has 0 radical (unpaired) electrons. The van der Waals surface area contributed by atoms with Crippen LogP contribution in [0, 0.1) is 17.3 Å². The minimum absolute atomic E-state index is 0.0388. The van der Waals surface area contributed by atoms with Gasteiger partial charge in [0.1, 0.15) is 0 Å². The normalized spacial score (nSPS) is 12.5. The fourth-order valence-corrected chi connectivity index (χ4v) is 11.0. The van der Waals surface area contributed by atoms with Gasteiger partial charge < -0.3 is 19.8 Å². The Bertz CT molecular complexity index is 874. The largest absolute Gasteiger partial charge is 0.550 e. The number of carboxylic acid groups (broad SMARTS) is 2. The van der Waals surface area contributed by atoms with Gasteiger partial charge in [-0.25, -0.2) is 0 Å². The van der Waals surface area contributed by atoms with Gasteiger partial charge in [-0.15, -0.1) is 0 Å². The summed E-state index contributed by atoms with van der Waals surface area (Å²) in [6, 6.07) is 18.7. The van der Waals surface area contributed by atoms with Gasteiger partial charge in [0.15, 0.2) is 0 Å². The molecule has 0 saturated heterocycles. The number of carboxylic acids is 2. The van der Waals surface area contributed by atoms with E-state index in [-0.39, 0.29) is 40.4 Å². The van der Waals surface area contributed by atoms with Gasteiger partial charge in [0.25, 0.3) is 0 Å². The number of rotatable bonds is 21. The van der Waals surface area contributed by atoms with Crippen LogP contribution >= 0.6 is 0 Å². The first-order chi connectivity index (χ1) is 19.8. The average Bonchev–Trinajstić information content (AvgIpc) is 2.97. The molecular formula is C36H54O4Sn. The summed E-state index contributed by atoms with van der Waals surface area (Å²) >= 11 is -0.0388. The summed E-state index contributed by atoms with van der Waals surface area (Å²) in [5, 5.41) is 22.7. The Morgan fingerprint density at radius 3 is 1.49 bits per heavy atom. The second-order valence-corrected chi connectivity index (χ2v) is 15.4. The second kappa shape index (κ2) is 22.7. The van der Waals surface area contributed by atoms with Crippen LogP contribution in [-0.4, -0.2) is 33.1 Å². The van der Waals surface area contributed by atoms with Crippen LogP contribution in [0.1, 0.15) is 109 Å². The van der Waals surface area contributed by atoms with Gasteiger partial charge in [-0.1, -0.05) is 60.7 Å². The number of hydrogen-bond donors (Lipinski definition) is 0. The van der Waals surface area contributed by atoms with Crippen molar-refractivity contribution >= 4 is 33.1 Å². The molecule has 2 aromatic carbocycles. The maximum absolute atomic E-state index is 12.0. The first-order valence-electron chi connectivity index (χ1n) is 16.0. The van der Waals surface area contributed by atoms with Gasteiger partial charge in [0, 0.05) is 17.4 Å². The van der Waals surface area contributed by atoms with Crippen LogP contribution in [0.2, 0.25) is 8.87 Å². The zero-order valence-corrected chi connectivity index (χ0v) is 29.0. The van der Waals surface area contributed by atoms with Crippen molar-refractivity contribution in [3.05, 3.63) is 71.8 Å². The van der Waals surface area contributed by atoms with E-state index in [0.29, 0.717) is 12.8 Å². The standard InChI is InChI=1S/C20H22O4.2C8H17.Sn/c21-18(22)12-7-13-20(19(23)24,14-16-8-3-1-4-9-16)15-17-10-5-2-6-11-17;2*1-4-6-7-8(3)5-2;/h1-6,8-11H,7,12-15H2,(H,21,22)(H,23,24);2*8H,3-7H2,1-2H3;/q;;;+2/p-2. The van der Waals surface area contributed by atoms with Crippen LogP contribution in [0.25, 0.3) is 0 Å². The molecule has 0 N–H and O–H groups in total. The molecule has 2 aromatic rings. The molecule has 2 atom stereocenters. The van der Waals surface area contributed by atoms with E-state index in [9.17, 15) is 19.8 Å². The smallest absolute Gasteiger partial charge is 0.0482 e. The molecule has 0 saturated carbocycles. The molecule has 0 fully saturated rings. The molecule has 0 heterocycles. The Labute approximate surface area is 261 Å². The molecule has 0 bridgehead atoms. The van der Waals surface area contributed by atoms with E-state index < -0.39 is 17.4 Å². The van der Waals surface area contributed by atoms with E-state index in [4.69, 9.17) is 0 Å². The van der Waals surface area contributed by atoms with Gasteiger partial charge in [0.05, 0.1) is 0 Å². The molecule has 0 spiro atoms. The van der Waals surface area contributed by atoms with Crippen molar-refractivity contribution in [2.75, 3.05) is 0 Å². The van der Waals surface area contributed by atoms with Crippen molar-refractivity contribution in [2.45, 2.75) is 120 Å². The van der Waals surface area contributed by atoms with E-state index in [0.717, 1.165) is 23.0 Å². The minimum atomic E-state index is -1.17. The predicted octanol–water partition coefficient (Wildman–Crippen LogP) is 7.09. The van der Waals surface area contributed by atoms with Crippen molar-refractivity contribution in [2.24, 2.45) is 17.3 Å². The van der Waals surface area contributed by atoms with Gasteiger partial charge in [-0.2, -0.15) is 0 Å². The van der Waals surface area contributed by atoms with Gasteiger partial charge in [-0.05, 0) is 43.2 Å². The number of aliphatic carboxylic acids is 2. The molecule has 2 unspecified atom stereocenters. The summed E-state index contributed by atoms with van der Waals surface area (Å²) < 4.78 is 3.31. The molecular weight excluding hydrogens is 615 g/mol. The molecule has 0 aliphatic heterocycles. The van der Waals surface area contributed by atoms with Crippen molar-refractivity contribution in [1.82, 2.24) is 0 Å². The number of carbonyl (C=O) groups excluding carboxylic acids is 2.